The third kappa shape index (κ3) is 5.36. The molecule has 10 heteroatoms. The van der Waals surface area contributed by atoms with Gasteiger partial charge in [0.2, 0.25) is 0 Å². The van der Waals surface area contributed by atoms with Crippen LogP contribution in [0.5, 0.6) is 5.75 Å². The number of Topliss-reactive ketones (excluding diaryl/α,β-unsaturated/α-hetero) is 1. The number of hydrogen-bond donors (Lipinski definition) is 1. The van der Waals surface area contributed by atoms with Crippen LogP contribution in [0.4, 0.5) is 10.1 Å². The maximum atomic E-state index is 15.5. The van der Waals surface area contributed by atoms with Crippen molar-refractivity contribution < 1.29 is 33.0 Å². The molecule has 1 aliphatic heterocycles. The van der Waals surface area contributed by atoms with Gasteiger partial charge in [-0.25, -0.2) is 9.18 Å². The van der Waals surface area contributed by atoms with E-state index in [1.54, 1.807) is 62.5 Å². The first-order valence-corrected chi connectivity index (χ1v) is 14.0. The molecule has 1 aromatic heterocycles. The van der Waals surface area contributed by atoms with Crippen molar-refractivity contribution in [3.05, 3.63) is 113 Å². The number of hydrogen-bond acceptors (Lipinski definition) is 9. The number of ketones is 1. The number of aromatic nitrogens is 1. The molecule has 0 saturated heterocycles. The fourth-order valence-electron chi connectivity index (χ4n) is 5.91. The van der Waals surface area contributed by atoms with E-state index >= 15 is 4.39 Å². The number of carbonyl (C=O) groups excluding carboxylic acids is 3. The number of nitrogens with two attached hydrogens (primary N) is 1. The number of nitrogens with zero attached hydrogens (tertiary/aromatic N) is 2. The van der Waals surface area contributed by atoms with Gasteiger partial charge in [-0.1, -0.05) is 30.3 Å². The van der Waals surface area contributed by atoms with Crippen molar-refractivity contribution in [3.8, 4) is 5.75 Å². The SMILES string of the molecule is CCOC(=O)C1=C(N)N(c2ccccc2F)C2=C(C(=O)[C@@H](C(=O)OCC)[C@@H](c3cccc(OC)c3)C2)[C@@H]1c1cccnc1. The lowest BCUT2D eigenvalue weighted by atomic mass is 9.67. The van der Waals surface area contributed by atoms with Crippen molar-refractivity contribution in [2.24, 2.45) is 11.7 Å². The molecule has 3 aromatic rings. The fourth-order valence-corrected chi connectivity index (χ4v) is 5.91. The average molecular weight is 586 g/mol. The lowest BCUT2D eigenvalue weighted by Crippen LogP contribution is -2.46. The van der Waals surface area contributed by atoms with Gasteiger partial charge in [-0.15, -0.1) is 0 Å². The highest BCUT2D eigenvalue weighted by atomic mass is 19.1. The Morgan fingerprint density at radius 3 is 2.44 bits per heavy atom. The number of esters is 2. The molecule has 0 unspecified atom stereocenters. The van der Waals surface area contributed by atoms with E-state index in [0.717, 1.165) is 0 Å². The standard InChI is InChI=1S/C33H32FN3O6/c1-4-42-32(39)27-22(19-10-8-12-21(16-19)41-3)17-25-28(30(27)38)26(20-11-9-15-36-18-20)29(33(40)43-5-2)31(35)37(25)24-14-7-6-13-23(24)34/h6-16,18,22,26-27H,4-5,17,35H2,1-3H3/t22-,26+,27+/m1/s1. The second kappa shape index (κ2) is 12.5. The summed E-state index contributed by atoms with van der Waals surface area (Å²) in [7, 11) is 1.52. The van der Waals surface area contributed by atoms with Gasteiger partial charge in [0.1, 0.15) is 23.3 Å². The van der Waals surface area contributed by atoms with Gasteiger partial charge in [0, 0.05) is 29.6 Å². The molecule has 0 fully saturated rings. The van der Waals surface area contributed by atoms with Gasteiger partial charge in [0.25, 0.3) is 0 Å². The monoisotopic (exact) mass is 585 g/mol. The van der Waals surface area contributed by atoms with E-state index in [9.17, 15) is 14.4 Å². The van der Waals surface area contributed by atoms with E-state index in [2.05, 4.69) is 4.98 Å². The third-order valence-corrected chi connectivity index (χ3v) is 7.71. The van der Waals surface area contributed by atoms with Gasteiger partial charge in [0.15, 0.2) is 5.78 Å². The Morgan fingerprint density at radius 2 is 1.77 bits per heavy atom. The highest BCUT2D eigenvalue weighted by molar-refractivity contribution is 6.14. The number of methoxy groups -OCH3 is 1. The minimum atomic E-state index is -1.25. The van der Waals surface area contributed by atoms with Crippen LogP contribution in [0.1, 0.15) is 43.2 Å². The van der Waals surface area contributed by atoms with Crippen LogP contribution in [0, 0.1) is 11.7 Å². The molecule has 1 aliphatic carbocycles. The number of benzene rings is 2. The Bertz CT molecular complexity index is 1620. The first-order chi connectivity index (χ1) is 20.8. The molecule has 9 nitrogen and oxygen atoms in total. The number of allylic oxidation sites excluding steroid dienone is 2. The number of pyridine rings is 1. The number of rotatable bonds is 8. The van der Waals surface area contributed by atoms with Crippen molar-refractivity contribution in [3.63, 3.8) is 0 Å². The topological polar surface area (TPSA) is 121 Å². The zero-order valence-electron chi connectivity index (χ0n) is 24.1. The third-order valence-electron chi connectivity index (χ3n) is 7.71. The summed E-state index contributed by atoms with van der Waals surface area (Å²) in [6.45, 7) is 3.42. The Hall–Kier alpha value is -4.99. The Morgan fingerprint density at radius 1 is 1.02 bits per heavy atom. The van der Waals surface area contributed by atoms with Crippen LogP contribution in [0.15, 0.2) is 95.7 Å². The summed E-state index contributed by atoms with van der Waals surface area (Å²) in [5.74, 6) is -5.16. The molecule has 2 N–H and O–H groups in total. The maximum Gasteiger partial charge on any atom is 0.338 e. The van der Waals surface area contributed by atoms with Crippen LogP contribution in [-0.2, 0) is 23.9 Å². The average Bonchev–Trinajstić information content (AvgIpc) is 3.01. The molecule has 2 aromatic carbocycles. The fraction of sp³-hybridized carbons (Fsp3) is 0.273. The van der Waals surface area contributed by atoms with Crippen molar-refractivity contribution in [1.82, 2.24) is 4.98 Å². The molecule has 2 heterocycles. The predicted octanol–water partition coefficient (Wildman–Crippen LogP) is 4.76. The normalized spacial score (nSPS) is 20.0. The number of carbonyl (C=O) groups is 3. The zero-order valence-corrected chi connectivity index (χ0v) is 24.1. The molecule has 3 atom stereocenters. The van der Waals surface area contributed by atoms with Gasteiger partial charge in [-0.2, -0.15) is 0 Å². The molecular formula is C33H32FN3O6. The Balaban J connectivity index is 1.83. The Kier molecular flexibility index (Phi) is 8.56. The molecule has 0 amide bonds. The van der Waals surface area contributed by atoms with E-state index in [4.69, 9.17) is 19.9 Å². The van der Waals surface area contributed by atoms with Crippen molar-refractivity contribution in [1.29, 1.82) is 0 Å². The number of ether oxygens (including phenoxy) is 3. The molecule has 5 rings (SSSR count). The van der Waals surface area contributed by atoms with Crippen LogP contribution in [0.2, 0.25) is 0 Å². The smallest absolute Gasteiger partial charge is 0.338 e. The summed E-state index contributed by atoms with van der Waals surface area (Å²) in [4.78, 5) is 47.5. The molecule has 0 radical (unpaired) electrons. The number of anilines is 1. The van der Waals surface area contributed by atoms with Crippen LogP contribution in [0.3, 0.4) is 0 Å². The number of halogens is 1. The minimum absolute atomic E-state index is 0.0400. The minimum Gasteiger partial charge on any atom is -0.497 e. The zero-order chi connectivity index (χ0) is 30.7. The second-order valence-corrected chi connectivity index (χ2v) is 10.1. The summed E-state index contributed by atoms with van der Waals surface area (Å²) >= 11 is 0. The lowest BCUT2D eigenvalue weighted by molar-refractivity contribution is -0.152. The summed E-state index contributed by atoms with van der Waals surface area (Å²) in [5.41, 5.74) is 8.41. The van der Waals surface area contributed by atoms with Gasteiger partial charge in [0.05, 0.1) is 37.5 Å². The highest BCUT2D eigenvalue weighted by Crippen LogP contribution is 2.52. The molecule has 0 saturated carbocycles. The van der Waals surface area contributed by atoms with E-state index in [1.165, 1.54) is 36.4 Å². The predicted molar refractivity (Wildman–Crippen MR) is 156 cm³/mol. The lowest BCUT2D eigenvalue weighted by Gasteiger charge is -2.44. The van der Waals surface area contributed by atoms with Crippen LogP contribution in [-0.4, -0.2) is 43.0 Å². The van der Waals surface area contributed by atoms with E-state index in [0.29, 0.717) is 22.6 Å². The van der Waals surface area contributed by atoms with Gasteiger partial charge >= 0.3 is 11.9 Å². The first kappa shape index (κ1) is 29.5. The molecule has 43 heavy (non-hydrogen) atoms. The van der Waals surface area contributed by atoms with Crippen molar-refractivity contribution >= 4 is 23.4 Å². The molecule has 0 spiro atoms. The quantitative estimate of drug-likeness (QED) is 0.295. The van der Waals surface area contributed by atoms with Crippen molar-refractivity contribution in [2.75, 3.05) is 25.2 Å². The molecule has 222 valence electrons. The van der Waals surface area contributed by atoms with Gasteiger partial charge < -0.3 is 19.9 Å². The van der Waals surface area contributed by atoms with Crippen LogP contribution < -0.4 is 15.4 Å². The summed E-state index contributed by atoms with van der Waals surface area (Å²) in [6, 6.07) is 16.4. The largest absolute Gasteiger partial charge is 0.497 e. The number of para-hydroxylation sites is 1. The van der Waals surface area contributed by atoms with E-state index < -0.39 is 41.3 Å². The van der Waals surface area contributed by atoms with E-state index in [1.807, 2.05) is 0 Å². The summed E-state index contributed by atoms with van der Waals surface area (Å²) < 4.78 is 31.7. The summed E-state index contributed by atoms with van der Waals surface area (Å²) in [6.07, 6.45) is 3.19. The molecular weight excluding hydrogens is 553 g/mol. The highest BCUT2D eigenvalue weighted by Gasteiger charge is 2.51. The Labute approximate surface area is 248 Å². The van der Waals surface area contributed by atoms with Gasteiger partial charge in [-0.3, -0.25) is 19.5 Å². The summed E-state index contributed by atoms with van der Waals surface area (Å²) in [5, 5.41) is 0. The van der Waals surface area contributed by atoms with Crippen molar-refractivity contribution in [2.45, 2.75) is 32.1 Å². The second-order valence-electron chi connectivity index (χ2n) is 10.1. The molecule has 2 aliphatic rings. The first-order valence-electron chi connectivity index (χ1n) is 14.0. The maximum absolute atomic E-state index is 15.5. The van der Waals surface area contributed by atoms with Gasteiger partial charge in [-0.05, 0) is 61.7 Å². The van der Waals surface area contributed by atoms with Crippen LogP contribution >= 0.6 is 0 Å². The van der Waals surface area contributed by atoms with Crippen LogP contribution in [0.25, 0.3) is 0 Å². The van der Waals surface area contributed by atoms with E-state index in [-0.39, 0.29) is 42.3 Å². The molecule has 0 bridgehead atoms.